The molecule has 0 radical (unpaired) electrons. The molecule has 1 saturated heterocycles. The van der Waals surface area contributed by atoms with Gasteiger partial charge < -0.3 is 0 Å². The number of nitrogens with zero attached hydrogens (tertiary/aromatic N) is 1. The molecule has 1 saturated carbocycles. The summed E-state index contributed by atoms with van der Waals surface area (Å²) in [4.78, 5) is 5.24. The Morgan fingerprint density at radius 1 is 1.00 bits per heavy atom. The van der Waals surface area contributed by atoms with Crippen LogP contribution in [0.1, 0.15) is 71.1 Å². The Bertz CT molecular complexity index is 555. The van der Waals surface area contributed by atoms with E-state index >= 15 is 0 Å². The third-order valence-electron chi connectivity index (χ3n) is 6.88. The van der Waals surface area contributed by atoms with E-state index in [2.05, 4.69) is 46.8 Å². The van der Waals surface area contributed by atoms with Crippen molar-refractivity contribution in [2.45, 2.75) is 76.8 Å². The van der Waals surface area contributed by atoms with Crippen molar-refractivity contribution in [3.63, 3.8) is 0 Å². The highest BCUT2D eigenvalue weighted by Gasteiger charge is 2.52. The largest absolute Gasteiger partial charge is 0.267 e. The molecule has 4 heterocycles. The Balaban J connectivity index is 1.89. The van der Waals surface area contributed by atoms with E-state index in [4.69, 9.17) is 4.98 Å². The first-order valence-electron chi connectivity index (χ1n) is 8.87. The van der Waals surface area contributed by atoms with Crippen LogP contribution in [-0.4, -0.2) is 11.7 Å². The van der Waals surface area contributed by atoms with E-state index in [1.165, 1.54) is 30.5 Å². The summed E-state index contributed by atoms with van der Waals surface area (Å²) in [5, 5.41) is 0. The van der Waals surface area contributed by atoms with Gasteiger partial charge in [0.2, 0.25) is 6.71 Å². The minimum atomic E-state index is 0.158. The maximum atomic E-state index is 5.24. The summed E-state index contributed by atoms with van der Waals surface area (Å²) < 4.78 is 0. The van der Waals surface area contributed by atoms with Crippen LogP contribution in [-0.2, 0) is 5.41 Å². The van der Waals surface area contributed by atoms with Gasteiger partial charge in [-0.25, -0.2) is 0 Å². The van der Waals surface area contributed by atoms with E-state index < -0.39 is 0 Å². The van der Waals surface area contributed by atoms with E-state index in [0.29, 0.717) is 6.71 Å². The van der Waals surface area contributed by atoms with Crippen molar-refractivity contribution < 1.29 is 0 Å². The maximum absolute atomic E-state index is 5.24. The Morgan fingerprint density at radius 3 is 2.19 bits per heavy atom. The Hall–Kier alpha value is -0.785. The fraction of sp³-hybridized carbons (Fsp3) is 0.737. The number of pyridine rings is 1. The van der Waals surface area contributed by atoms with E-state index in [1.807, 2.05) is 0 Å². The van der Waals surface area contributed by atoms with Crippen LogP contribution < -0.4 is 5.59 Å². The van der Waals surface area contributed by atoms with Crippen molar-refractivity contribution >= 4 is 12.3 Å². The van der Waals surface area contributed by atoms with Gasteiger partial charge in [-0.1, -0.05) is 52.3 Å². The molecule has 4 unspecified atom stereocenters. The molecule has 5 rings (SSSR count). The minimum Gasteiger partial charge on any atom is -0.267 e. The number of aromatic nitrogens is 1. The molecule has 21 heavy (non-hydrogen) atoms. The highest BCUT2D eigenvalue weighted by Crippen LogP contribution is 2.56. The molecular formula is C19H28BN. The van der Waals surface area contributed by atoms with Crippen molar-refractivity contribution in [1.29, 1.82) is 0 Å². The normalized spacial score (nSPS) is 37.6. The molecule has 0 aromatic carbocycles. The summed E-state index contributed by atoms with van der Waals surface area (Å²) >= 11 is 0. The molecule has 3 aliphatic heterocycles. The van der Waals surface area contributed by atoms with Crippen LogP contribution in [0.25, 0.3) is 0 Å². The van der Waals surface area contributed by atoms with Gasteiger partial charge >= 0.3 is 0 Å². The number of hydrogen-bond donors (Lipinski definition) is 0. The van der Waals surface area contributed by atoms with Crippen LogP contribution in [0.5, 0.6) is 0 Å². The molecule has 112 valence electrons. The fourth-order valence-corrected chi connectivity index (χ4v) is 5.60. The van der Waals surface area contributed by atoms with Gasteiger partial charge in [0.05, 0.1) is 0 Å². The summed E-state index contributed by atoms with van der Waals surface area (Å²) in [6.07, 6.45) is 4.32. The molecule has 1 aliphatic carbocycles. The Kier molecular flexibility index (Phi) is 2.88. The lowest BCUT2D eigenvalue weighted by molar-refractivity contribution is 0.210. The topological polar surface area (TPSA) is 12.9 Å². The molecule has 1 aromatic rings. The van der Waals surface area contributed by atoms with Gasteiger partial charge in [0.25, 0.3) is 0 Å². The first-order valence-corrected chi connectivity index (χ1v) is 8.87. The van der Waals surface area contributed by atoms with Crippen molar-refractivity contribution in [2.24, 2.45) is 11.8 Å². The number of rotatable bonds is 0. The summed E-state index contributed by atoms with van der Waals surface area (Å²) in [7, 11) is 0. The zero-order valence-corrected chi connectivity index (χ0v) is 14.2. The third-order valence-corrected chi connectivity index (χ3v) is 6.88. The molecule has 2 fully saturated rings. The lowest BCUT2D eigenvalue weighted by atomic mass is 9.26. The summed E-state index contributed by atoms with van der Waals surface area (Å²) in [6.45, 7) is 12.6. The van der Waals surface area contributed by atoms with Gasteiger partial charge in [-0.2, -0.15) is 0 Å². The van der Waals surface area contributed by atoms with Crippen LogP contribution in [0, 0.1) is 11.8 Å². The van der Waals surface area contributed by atoms with Gasteiger partial charge in [-0.15, -0.1) is 0 Å². The first-order chi connectivity index (χ1) is 9.86. The maximum Gasteiger partial charge on any atom is 0.207 e. The molecule has 4 aliphatic rings. The zero-order valence-electron chi connectivity index (χ0n) is 14.2. The SMILES string of the molecule is CC1B2c3nc(C(C)(C)C)ccc3C3CC1CC(C3)C2C. The van der Waals surface area contributed by atoms with Gasteiger partial charge in [0, 0.05) is 16.7 Å². The molecule has 1 aromatic heterocycles. The Labute approximate surface area is 130 Å². The van der Waals surface area contributed by atoms with Crippen LogP contribution in [0.4, 0.5) is 0 Å². The molecule has 0 amide bonds. The van der Waals surface area contributed by atoms with Crippen LogP contribution in [0.3, 0.4) is 0 Å². The van der Waals surface area contributed by atoms with E-state index in [-0.39, 0.29) is 5.41 Å². The van der Waals surface area contributed by atoms with Crippen LogP contribution in [0.2, 0.25) is 11.6 Å². The average Bonchev–Trinajstić information content (AvgIpc) is 2.56. The smallest absolute Gasteiger partial charge is 0.207 e. The van der Waals surface area contributed by atoms with Crippen LogP contribution in [0.15, 0.2) is 12.1 Å². The van der Waals surface area contributed by atoms with Crippen LogP contribution >= 0.6 is 0 Å². The quantitative estimate of drug-likeness (QED) is 0.643. The molecule has 1 nitrogen and oxygen atoms in total. The predicted molar refractivity (Wildman–Crippen MR) is 90.7 cm³/mol. The lowest BCUT2D eigenvalue weighted by Gasteiger charge is -2.45. The molecule has 2 heteroatoms. The minimum absolute atomic E-state index is 0.158. The van der Waals surface area contributed by atoms with Gasteiger partial charge in [-0.05, 0) is 48.6 Å². The standard InChI is InChI=1S/C19H28BN/c1-11-13-8-14-10-15(9-13)16-6-7-17(19(3,4)5)21-18(16)20(11)12(14)2/h6-7,11-15H,8-10H2,1-5H3. The summed E-state index contributed by atoms with van der Waals surface area (Å²) in [6, 6.07) is 4.75. The van der Waals surface area contributed by atoms with Gasteiger partial charge in [0.1, 0.15) is 0 Å². The Morgan fingerprint density at radius 2 is 1.62 bits per heavy atom. The second kappa shape index (κ2) is 4.37. The van der Waals surface area contributed by atoms with Crippen molar-refractivity contribution in [1.82, 2.24) is 4.98 Å². The molecule has 4 bridgehead atoms. The fourth-order valence-electron chi connectivity index (χ4n) is 5.60. The van der Waals surface area contributed by atoms with Crippen molar-refractivity contribution in [3.8, 4) is 0 Å². The van der Waals surface area contributed by atoms with Crippen molar-refractivity contribution in [3.05, 3.63) is 23.4 Å². The third kappa shape index (κ3) is 1.94. The molecular weight excluding hydrogens is 253 g/mol. The van der Waals surface area contributed by atoms with Gasteiger partial charge in [-0.3, -0.25) is 4.98 Å². The highest BCUT2D eigenvalue weighted by molar-refractivity contribution is 6.76. The average molecular weight is 281 g/mol. The summed E-state index contributed by atoms with van der Waals surface area (Å²) in [5.74, 6) is 4.33. The van der Waals surface area contributed by atoms with E-state index in [1.54, 1.807) is 5.56 Å². The monoisotopic (exact) mass is 281 g/mol. The predicted octanol–water partition coefficient (Wildman–Crippen LogP) is 4.39. The van der Waals surface area contributed by atoms with E-state index in [0.717, 1.165) is 29.4 Å². The second-order valence-corrected chi connectivity index (χ2v) is 9.09. The van der Waals surface area contributed by atoms with Gasteiger partial charge in [0.15, 0.2) is 0 Å². The lowest BCUT2D eigenvalue weighted by Crippen LogP contribution is -2.47. The highest BCUT2D eigenvalue weighted by atomic mass is 14.7. The van der Waals surface area contributed by atoms with E-state index in [9.17, 15) is 0 Å². The zero-order chi connectivity index (χ0) is 14.9. The molecule has 4 atom stereocenters. The summed E-state index contributed by atoms with van der Waals surface area (Å²) in [5.41, 5.74) is 4.53. The first kappa shape index (κ1) is 13.8. The van der Waals surface area contributed by atoms with Crippen molar-refractivity contribution in [2.75, 3.05) is 0 Å². The number of hydrogen-bond acceptors (Lipinski definition) is 1. The molecule has 0 spiro atoms. The second-order valence-electron chi connectivity index (χ2n) is 9.09. The molecule has 0 N–H and O–H groups in total.